The van der Waals surface area contributed by atoms with Gasteiger partial charge in [-0.15, -0.1) is 0 Å². The number of hydrogen-bond donors (Lipinski definition) is 1. The first-order chi connectivity index (χ1) is 22.7. The van der Waals surface area contributed by atoms with Crippen molar-refractivity contribution in [2.45, 2.75) is 38.8 Å². The lowest BCUT2D eigenvalue weighted by Crippen LogP contribution is -2.53. The number of fused-ring (bicyclic) bond motifs is 4. The number of anilines is 3. The molecule has 2 amide bonds. The lowest BCUT2D eigenvalue weighted by atomic mass is 9.83. The number of aromatic nitrogens is 1. The summed E-state index contributed by atoms with van der Waals surface area (Å²) in [6.45, 7) is 7.67. The number of carbonyl (C=O) groups is 2. The van der Waals surface area contributed by atoms with E-state index in [2.05, 4.69) is 47.2 Å². The molecule has 3 atom stereocenters. The van der Waals surface area contributed by atoms with Gasteiger partial charge in [0.2, 0.25) is 0 Å². The number of carbonyl (C=O) groups excluding carboxylic acids is 2. The predicted octanol–water partition coefficient (Wildman–Crippen LogP) is 5.66. The summed E-state index contributed by atoms with van der Waals surface area (Å²) in [5.41, 5.74) is 3.92. The highest BCUT2D eigenvalue weighted by atomic mass is 19.1. The van der Waals surface area contributed by atoms with Crippen LogP contribution in [0.25, 0.3) is 0 Å². The van der Waals surface area contributed by atoms with E-state index in [1.54, 1.807) is 24.3 Å². The van der Waals surface area contributed by atoms with E-state index in [1.807, 2.05) is 27.7 Å². The van der Waals surface area contributed by atoms with Gasteiger partial charge in [0.05, 0.1) is 11.4 Å². The topological polar surface area (TPSA) is 77.9 Å². The second-order valence-corrected chi connectivity index (χ2v) is 13.0. The summed E-state index contributed by atoms with van der Waals surface area (Å²) in [6.07, 6.45) is 0.936. The summed E-state index contributed by atoms with van der Waals surface area (Å²) in [5, 5.41) is 2.75. The number of piperidine rings is 1. The number of amides is 2. The molecule has 2 saturated heterocycles. The third kappa shape index (κ3) is 5.88. The van der Waals surface area contributed by atoms with E-state index in [0.717, 1.165) is 29.9 Å². The number of pyridine rings is 1. The SMILES string of the molecule is Cc1cccc(N2CCN(C(=O)c3ccc(N4C[C@H]5C[C@@H](C4)c4cccc(=O)n4C5)c(NC(=O)c4c(F)cccc4F)c3)C[C@H]2C)c1. The molecule has 4 aromatic rings. The Morgan fingerprint density at radius 1 is 0.851 bits per heavy atom. The Morgan fingerprint density at radius 3 is 2.38 bits per heavy atom. The Balaban J connectivity index is 1.18. The van der Waals surface area contributed by atoms with Gasteiger partial charge in [-0.25, -0.2) is 8.78 Å². The van der Waals surface area contributed by atoms with Crippen molar-refractivity contribution in [2.75, 3.05) is 47.8 Å². The molecule has 47 heavy (non-hydrogen) atoms. The fraction of sp³-hybridized carbons (Fsp3) is 0.324. The van der Waals surface area contributed by atoms with E-state index < -0.39 is 23.1 Å². The van der Waals surface area contributed by atoms with Crippen LogP contribution < -0.4 is 20.7 Å². The molecule has 242 valence electrons. The Kier molecular flexibility index (Phi) is 8.03. The van der Waals surface area contributed by atoms with E-state index in [0.29, 0.717) is 56.2 Å². The summed E-state index contributed by atoms with van der Waals surface area (Å²) in [7, 11) is 0. The van der Waals surface area contributed by atoms with Gasteiger partial charge in [0.1, 0.15) is 17.2 Å². The molecule has 0 radical (unpaired) electrons. The molecule has 7 rings (SSSR count). The average molecular weight is 638 g/mol. The number of hydrogen-bond acceptors (Lipinski definition) is 5. The molecule has 3 aliphatic rings. The number of piperazine rings is 1. The number of rotatable bonds is 5. The molecular formula is C37H37F2N5O3. The minimum absolute atomic E-state index is 0.0117. The Morgan fingerprint density at radius 2 is 1.62 bits per heavy atom. The number of nitrogens with one attached hydrogen (secondary N) is 1. The zero-order chi connectivity index (χ0) is 32.8. The van der Waals surface area contributed by atoms with Crippen LogP contribution in [0.15, 0.2) is 83.7 Å². The maximum Gasteiger partial charge on any atom is 0.261 e. The molecule has 3 aromatic carbocycles. The maximum absolute atomic E-state index is 14.6. The third-order valence-corrected chi connectivity index (χ3v) is 9.75. The lowest BCUT2D eigenvalue weighted by Gasteiger charge is -2.44. The molecular weight excluding hydrogens is 600 g/mol. The molecule has 0 saturated carbocycles. The molecule has 10 heteroatoms. The number of benzene rings is 3. The van der Waals surface area contributed by atoms with E-state index in [-0.39, 0.29) is 29.3 Å². The van der Waals surface area contributed by atoms with Crippen LogP contribution in [-0.2, 0) is 6.54 Å². The van der Waals surface area contributed by atoms with Gasteiger partial charge >= 0.3 is 0 Å². The fourth-order valence-electron chi connectivity index (χ4n) is 7.55. The Labute approximate surface area is 272 Å². The Hall–Kier alpha value is -4.99. The summed E-state index contributed by atoms with van der Waals surface area (Å²) >= 11 is 0. The standard InChI is InChI=1S/C37H37F2N5O3/c1-23-6-3-7-28(16-23)43-15-14-41(19-24(43)2)37(47)26-12-13-33(31(18-26)40-36(46)35-29(38)8-4-9-30(35)39)42-20-25-17-27(22-42)32-10-5-11-34(45)44(32)21-25/h3-13,16,18,24-25,27H,14-15,17,19-22H2,1-2H3,(H,40,46)/t24-,25-,27+/m1/s1. The van der Waals surface area contributed by atoms with E-state index in [9.17, 15) is 23.2 Å². The highest BCUT2D eigenvalue weighted by Crippen LogP contribution is 2.39. The monoisotopic (exact) mass is 637 g/mol. The molecule has 0 unspecified atom stereocenters. The van der Waals surface area contributed by atoms with Crippen molar-refractivity contribution in [3.05, 3.63) is 123 Å². The second kappa shape index (κ2) is 12.3. The summed E-state index contributed by atoms with van der Waals surface area (Å²) in [4.78, 5) is 46.1. The quantitative estimate of drug-likeness (QED) is 0.306. The van der Waals surface area contributed by atoms with Crippen molar-refractivity contribution in [2.24, 2.45) is 5.92 Å². The summed E-state index contributed by atoms with van der Waals surface area (Å²) in [5.74, 6) is -2.75. The van der Waals surface area contributed by atoms with Crippen LogP contribution in [0.1, 0.15) is 51.2 Å². The van der Waals surface area contributed by atoms with Crippen LogP contribution in [0, 0.1) is 24.5 Å². The van der Waals surface area contributed by atoms with Crippen molar-refractivity contribution >= 4 is 28.9 Å². The van der Waals surface area contributed by atoms with Crippen LogP contribution >= 0.6 is 0 Å². The van der Waals surface area contributed by atoms with Crippen molar-refractivity contribution in [1.29, 1.82) is 0 Å². The highest BCUT2D eigenvalue weighted by molar-refractivity contribution is 6.07. The van der Waals surface area contributed by atoms with Crippen LogP contribution in [0.4, 0.5) is 25.8 Å². The predicted molar refractivity (Wildman–Crippen MR) is 178 cm³/mol. The second-order valence-electron chi connectivity index (χ2n) is 13.0. The van der Waals surface area contributed by atoms with Crippen molar-refractivity contribution in [3.63, 3.8) is 0 Å². The fourth-order valence-corrected chi connectivity index (χ4v) is 7.55. The minimum Gasteiger partial charge on any atom is -0.369 e. The first-order valence-corrected chi connectivity index (χ1v) is 16.1. The number of aryl methyl sites for hydroxylation is 1. The molecule has 0 aliphatic carbocycles. The number of nitrogens with zero attached hydrogens (tertiary/aromatic N) is 4. The molecule has 3 aliphatic heterocycles. The minimum atomic E-state index is -0.966. The van der Waals surface area contributed by atoms with Gasteiger partial charge in [-0.1, -0.05) is 24.3 Å². The third-order valence-electron chi connectivity index (χ3n) is 9.75. The van der Waals surface area contributed by atoms with Crippen molar-refractivity contribution in [1.82, 2.24) is 9.47 Å². The lowest BCUT2D eigenvalue weighted by molar-refractivity contribution is 0.0726. The molecule has 4 heterocycles. The van der Waals surface area contributed by atoms with Gasteiger partial charge < -0.3 is 24.6 Å². The summed E-state index contributed by atoms with van der Waals surface area (Å²) < 4.78 is 31.1. The molecule has 1 aromatic heterocycles. The normalized spacial score (nSPS) is 20.5. The largest absolute Gasteiger partial charge is 0.369 e. The van der Waals surface area contributed by atoms with Crippen molar-refractivity contribution < 1.29 is 18.4 Å². The molecule has 2 fully saturated rings. The van der Waals surface area contributed by atoms with Gasteiger partial charge in [0, 0.05) is 74.2 Å². The van der Waals surface area contributed by atoms with E-state index in [1.165, 1.54) is 11.6 Å². The summed E-state index contributed by atoms with van der Waals surface area (Å²) in [6, 6.07) is 22.2. The first kappa shape index (κ1) is 30.7. The first-order valence-electron chi connectivity index (χ1n) is 16.1. The van der Waals surface area contributed by atoms with Gasteiger partial charge in [0.25, 0.3) is 17.4 Å². The maximum atomic E-state index is 14.6. The zero-order valence-corrected chi connectivity index (χ0v) is 26.5. The number of halogens is 2. The van der Waals surface area contributed by atoms with Gasteiger partial charge in [-0.05, 0) is 80.3 Å². The van der Waals surface area contributed by atoms with Crippen LogP contribution in [0.3, 0.4) is 0 Å². The van der Waals surface area contributed by atoms with Crippen LogP contribution in [-0.4, -0.2) is 60.0 Å². The van der Waals surface area contributed by atoms with Crippen molar-refractivity contribution in [3.8, 4) is 0 Å². The molecule has 1 N–H and O–H groups in total. The van der Waals surface area contributed by atoms with Crippen LogP contribution in [0.5, 0.6) is 0 Å². The molecule has 0 spiro atoms. The average Bonchev–Trinajstić information content (AvgIpc) is 3.04. The van der Waals surface area contributed by atoms with E-state index in [4.69, 9.17) is 0 Å². The highest BCUT2D eigenvalue weighted by Gasteiger charge is 2.36. The molecule has 8 nitrogen and oxygen atoms in total. The zero-order valence-electron chi connectivity index (χ0n) is 26.5. The smallest absolute Gasteiger partial charge is 0.261 e. The van der Waals surface area contributed by atoms with Gasteiger partial charge in [-0.3, -0.25) is 14.4 Å². The molecule has 2 bridgehead atoms. The van der Waals surface area contributed by atoms with Gasteiger partial charge in [0.15, 0.2) is 0 Å². The van der Waals surface area contributed by atoms with Gasteiger partial charge in [-0.2, -0.15) is 0 Å². The van der Waals surface area contributed by atoms with E-state index >= 15 is 0 Å². The van der Waals surface area contributed by atoms with Crippen LogP contribution in [0.2, 0.25) is 0 Å². The Bertz CT molecular complexity index is 1910.